The summed E-state index contributed by atoms with van der Waals surface area (Å²) < 4.78 is 25.5. The molecule has 3 heterocycles. The summed E-state index contributed by atoms with van der Waals surface area (Å²) in [6, 6.07) is 10.5. The minimum Gasteiger partial charge on any atom is -0.316 e. The van der Waals surface area contributed by atoms with Gasteiger partial charge in [0.1, 0.15) is 0 Å². The monoisotopic (exact) mass is 344 g/mol. The molecule has 0 saturated carbocycles. The first-order valence-electron chi connectivity index (χ1n) is 8.18. The van der Waals surface area contributed by atoms with Crippen molar-refractivity contribution in [3.63, 3.8) is 0 Å². The van der Waals surface area contributed by atoms with E-state index in [-0.39, 0.29) is 10.5 Å². The first-order valence-corrected chi connectivity index (χ1v) is 10.1. The highest BCUT2D eigenvalue weighted by Gasteiger charge is 2.31. The van der Waals surface area contributed by atoms with Gasteiger partial charge in [-0.25, -0.2) is 8.42 Å². The number of hydrogen-bond donors (Lipinski definition) is 1. The van der Waals surface area contributed by atoms with Crippen molar-refractivity contribution >= 4 is 9.84 Å². The van der Waals surface area contributed by atoms with Gasteiger partial charge in [-0.3, -0.25) is 4.79 Å². The second-order valence-electron chi connectivity index (χ2n) is 6.87. The summed E-state index contributed by atoms with van der Waals surface area (Å²) in [5.74, 6) is 0.872. The maximum absolute atomic E-state index is 12.6. The summed E-state index contributed by atoms with van der Waals surface area (Å²) in [5.41, 5.74) is 2.62. The fourth-order valence-corrected chi connectivity index (χ4v) is 4.54. The van der Waals surface area contributed by atoms with Gasteiger partial charge < -0.3 is 9.88 Å². The lowest BCUT2D eigenvalue weighted by molar-refractivity contribution is 0.257. The van der Waals surface area contributed by atoms with Crippen molar-refractivity contribution in [1.29, 1.82) is 0 Å². The molecule has 5 nitrogen and oxygen atoms in total. The fourth-order valence-electron chi connectivity index (χ4n) is 3.88. The van der Waals surface area contributed by atoms with Crippen LogP contribution in [0.25, 0.3) is 11.1 Å². The predicted molar refractivity (Wildman–Crippen MR) is 93.0 cm³/mol. The number of hydrogen-bond acceptors (Lipinski definition) is 4. The van der Waals surface area contributed by atoms with Gasteiger partial charge in [0.05, 0.1) is 4.90 Å². The molecule has 4 rings (SSSR count). The van der Waals surface area contributed by atoms with Gasteiger partial charge in [0.25, 0.3) is 5.56 Å². The van der Waals surface area contributed by atoms with E-state index in [0.29, 0.717) is 11.8 Å². The number of benzene rings is 1. The third-order valence-electron chi connectivity index (χ3n) is 5.06. The van der Waals surface area contributed by atoms with E-state index < -0.39 is 9.84 Å². The smallest absolute Gasteiger partial charge is 0.251 e. The van der Waals surface area contributed by atoms with Crippen LogP contribution in [0, 0.1) is 5.92 Å². The molecule has 0 radical (unpaired) electrons. The Morgan fingerprint density at radius 3 is 2.75 bits per heavy atom. The van der Waals surface area contributed by atoms with Gasteiger partial charge in [0.15, 0.2) is 9.84 Å². The number of nitrogens with zero attached hydrogens (tertiary/aromatic N) is 1. The third kappa shape index (κ3) is 2.70. The summed E-state index contributed by atoms with van der Waals surface area (Å²) in [6.45, 7) is 2.63. The molecule has 2 atom stereocenters. The van der Waals surface area contributed by atoms with Gasteiger partial charge in [0, 0.05) is 37.0 Å². The van der Waals surface area contributed by atoms with Gasteiger partial charge in [0.2, 0.25) is 0 Å². The second-order valence-corrected chi connectivity index (χ2v) is 8.89. The maximum atomic E-state index is 12.6. The van der Waals surface area contributed by atoms with Crippen LogP contribution in [0.15, 0.2) is 46.1 Å². The maximum Gasteiger partial charge on any atom is 0.251 e. The molecule has 1 aromatic carbocycles. The molecule has 0 unspecified atom stereocenters. The first-order chi connectivity index (χ1) is 11.4. The Kier molecular flexibility index (Phi) is 3.62. The lowest BCUT2D eigenvalue weighted by atomic mass is 9.83. The SMILES string of the molecule is CS(=O)(=O)c1cccc(-c2cc3n(c(=O)c2)C[C@@H]2CNC[C@H]3C2)c1. The number of piperidine rings is 1. The van der Waals surface area contributed by atoms with Crippen molar-refractivity contribution in [2.24, 2.45) is 5.92 Å². The van der Waals surface area contributed by atoms with Gasteiger partial charge in [-0.05, 0) is 48.2 Å². The van der Waals surface area contributed by atoms with Gasteiger partial charge >= 0.3 is 0 Å². The van der Waals surface area contributed by atoms with Gasteiger partial charge in [-0.2, -0.15) is 0 Å². The zero-order valence-electron chi connectivity index (χ0n) is 13.5. The molecule has 2 aliphatic rings. The molecule has 0 spiro atoms. The van der Waals surface area contributed by atoms with Gasteiger partial charge in [-0.15, -0.1) is 0 Å². The number of aromatic nitrogens is 1. The highest BCUT2D eigenvalue weighted by Crippen LogP contribution is 2.34. The lowest BCUT2D eigenvalue weighted by Crippen LogP contribution is -2.44. The molecule has 2 bridgehead atoms. The second kappa shape index (κ2) is 5.57. The van der Waals surface area contributed by atoms with Crippen LogP contribution in [0.1, 0.15) is 18.0 Å². The molecule has 1 fully saturated rings. The predicted octanol–water partition coefficient (Wildman–Crippen LogP) is 1.63. The Balaban J connectivity index is 1.84. The van der Waals surface area contributed by atoms with E-state index >= 15 is 0 Å². The molecular formula is C18H20N2O3S. The summed E-state index contributed by atoms with van der Waals surface area (Å²) in [7, 11) is -3.27. The van der Waals surface area contributed by atoms with Crippen LogP contribution in [0.4, 0.5) is 0 Å². The fraction of sp³-hybridized carbons (Fsp3) is 0.389. The van der Waals surface area contributed by atoms with E-state index in [1.54, 1.807) is 24.3 Å². The van der Waals surface area contributed by atoms with E-state index in [0.717, 1.165) is 42.9 Å². The first kappa shape index (κ1) is 15.6. The molecular weight excluding hydrogens is 324 g/mol. The molecule has 0 amide bonds. The number of fused-ring (bicyclic) bond motifs is 4. The molecule has 1 saturated heterocycles. The standard InChI is InChI=1S/C18H20N2O3S/c1-24(22,23)16-4-2-3-13(6-16)14-7-17-15-5-12(9-19-10-15)11-20(17)18(21)8-14/h2-4,6-8,12,15,19H,5,9-11H2,1H3/t12-,15+/m0/s1. The van der Waals surface area contributed by atoms with E-state index in [1.165, 1.54) is 6.26 Å². The molecule has 24 heavy (non-hydrogen) atoms. The quantitative estimate of drug-likeness (QED) is 0.899. The van der Waals surface area contributed by atoms with Crippen LogP contribution in [0.2, 0.25) is 0 Å². The number of nitrogens with one attached hydrogen (secondary N) is 1. The average Bonchev–Trinajstić information content (AvgIpc) is 2.55. The van der Waals surface area contributed by atoms with E-state index in [2.05, 4.69) is 11.4 Å². The van der Waals surface area contributed by atoms with E-state index in [1.807, 2.05) is 10.6 Å². The van der Waals surface area contributed by atoms with Crippen LogP contribution in [0.5, 0.6) is 0 Å². The minimum atomic E-state index is -3.27. The molecule has 0 aliphatic carbocycles. The molecule has 126 valence electrons. The Labute approximate surface area is 141 Å². The Hall–Kier alpha value is -1.92. The van der Waals surface area contributed by atoms with Gasteiger partial charge in [-0.1, -0.05) is 12.1 Å². The summed E-state index contributed by atoms with van der Waals surface area (Å²) in [6.07, 6.45) is 2.31. The van der Waals surface area contributed by atoms with Crippen LogP contribution >= 0.6 is 0 Å². The van der Waals surface area contributed by atoms with Crippen molar-refractivity contribution in [1.82, 2.24) is 9.88 Å². The van der Waals surface area contributed by atoms with E-state index in [4.69, 9.17) is 0 Å². The molecule has 6 heteroatoms. The van der Waals surface area contributed by atoms with Crippen molar-refractivity contribution in [3.05, 3.63) is 52.4 Å². The molecule has 2 aromatic rings. The van der Waals surface area contributed by atoms with Crippen LogP contribution < -0.4 is 10.9 Å². The Bertz CT molecular complexity index is 962. The summed E-state index contributed by atoms with van der Waals surface area (Å²) >= 11 is 0. The normalized spacial score (nSPS) is 22.9. The molecule has 1 aromatic heterocycles. The van der Waals surface area contributed by atoms with Crippen LogP contribution in [0.3, 0.4) is 0 Å². The molecule has 2 aliphatic heterocycles. The largest absolute Gasteiger partial charge is 0.316 e. The summed E-state index contributed by atoms with van der Waals surface area (Å²) in [4.78, 5) is 12.9. The van der Waals surface area contributed by atoms with Crippen molar-refractivity contribution in [2.45, 2.75) is 23.8 Å². The number of sulfone groups is 1. The Morgan fingerprint density at radius 2 is 1.96 bits per heavy atom. The Morgan fingerprint density at radius 1 is 1.12 bits per heavy atom. The zero-order chi connectivity index (χ0) is 16.9. The zero-order valence-corrected chi connectivity index (χ0v) is 14.3. The van der Waals surface area contributed by atoms with E-state index in [9.17, 15) is 13.2 Å². The van der Waals surface area contributed by atoms with Crippen molar-refractivity contribution in [2.75, 3.05) is 19.3 Å². The summed E-state index contributed by atoms with van der Waals surface area (Å²) in [5, 5.41) is 3.44. The van der Waals surface area contributed by atoms with Crippen LogP contribution in [-0.4, -0.2) is 32.3 Å². The number of pyridine rings is 1. The van der Waals surface area contributed by atoms with Crippen LogP contribution in [-0.2, 0) is 16.4 Å². The third-order valence-corrected chi connectivity index (χ3v) is 6.17. The lowest BCUT2D eigenvalue weighted by Gasteiger charge is -2.37. The van der Waals surface area contributed by atoms with Crippen molar-refractivity contribution in [3.8, 4) is 11.1 Å². The van der Waals surface area contributed by atoms with Crippen molar-refractivity contribution < 1.29 is 8.42 Å². The minimum absolute atomic E-state index is 0.00357. The highest BCUT2D eigenvalue weighted by molar-refractivity contribution is 7.90. The highest BCUT2D eigenvalue weighted by atomic mass is 32.2. The average molecular weight is 344 g/mol. The number of rotatable bonds is 2. The topological polar surface area (TPSA) is 68.2 Å². The molecule has 1 N–H and O–H groups in total.